The van der Waals surface area contributed by atoms with Gasteiger partial charge in [-0.1, -0.05) is 24.3 Å². The van der Waals surface area contributed by atoms with Crippen LogP contribution >= 0.6 is 0 Å². The second-order valence-electron chi connectivity index (χ2n) is 5.24. The lowest BCUT2D eigenvalue weighted by Gasteiger charge is -2.09. The van der Waals surface area contributed by atoms with Crippen molar-refractivity contribution >= 4 is 0 Å². The molecule has 3 aromatic rings. The van der Waals surface area contributed by atoms with Crippen LogP contribution < -0.4 is 4.74 Å². The maximum absolute atomic E-state index is 9.71. The molecule has 0 aromatic heterocycles. The van der Waals surface area contributed by atoms with Crippen molar-refractivity contribution in [3.8, 4) is 28.7 Å². The van der Waals surface area contributed by atoms with Crippen molar-refractivity contribution in [2.75, 3.05) is 0 Å². The molecule has 0 atom stereocenters. The molecular weight excluding hydrogens is 292 g/mol. The van der Waals surface area contributed by atoms with Gasteiger partial charge >= 0.3 is 0 Å². The summed E-state index contributed by atoms with van der Waals surface area (Å²) in [6.45, 7) is 0. The summed E-state index contributed by atoms with van der Waals surface area (Å²) in [5.74, 6) is 1.03. The molecule has 116 valence electrons. The van der Waals surface area contributed by atoms with Gasteiger partial charge in [-0.2, -0.15) is 0 Å². The first-order valence-corrected chi connectivity index (χ1v) is 7.17. The second kappa shape index (κ2) is 6.32. The van der Waals surface area contributed by atoms with E-state index in [0.29, 0.717) is 5.75 Å². The fourth-order valence-corrected chi connectivity index (χ4v) is 2.24. The SMILES string of the molecule is Oc1ccc(Cc2ccc(Oc3cc(O)ccc3O)cc2)cc1. The number of rotatable bonds is 4. The fraction of sp³-hybridized carbons (Fsp3) is 0.0526. The molecule has 0 aliphatic rings. The first-order valence-electron chi connectivity index (χ1n) is 7.17. The van der Waals surface area contributed by atoms with Crippen molar-refractivity contribution in [2.24, 2.45) is 0 Å². The van der Waals surface area contributed by atoms with Crippen molar-refractivity contribution in [3.63, 3.8) is 0 Å². The summed E-state index contributed by atoms with van der Waals surface area (Å²) in [6.07, 6.45) is 0.748. The maximum atomic E-state index is 9.71. The van der Waals surface area contributed by atoms with Crippen molar-refractivity contribution in [1.82, 2.24) is 0 Å². The van der Waals surface area contributed by atoms with Gasteiger partial charge in [-0.25, -0.2) is 0 Å². The van der Waals surface area contributed by atoms with E-state index in [1.54, 1.807) is 24.3 Å². The smallest absolute Gasteiger partial charge is 0.172 e. The minimum absolute atomic E-state index is 0.0294. The zero-order valence-electron chi connectivity index (χ0n) is 12.3. The van der Waals surface area contributed by atoms with Gasteiger partial charge in [0.05, 0.1) is 0 Å². The third-order valence-electron chi connectivity index (χ3n) is 3.44. The highest BCUT2D eigenvalue weighted by atomic mass is 16.5. The molecule has 0 radical (unpaired) electrons. The predicted molar refractivity (Wildman–Crippen MR) is 87.2 cm³/mol. The van der Waals surface area contributed by atoms with Gasteiger partial charge in [0.25, 0.3) is 0 Å². The van der Waals surface area contributed by atoms with E-state index in [9.17, 15) is 15.3 Å². The molecule has 3 rings (SSSR count). The number of phenolic OH excluding ortho intramolecular Hbond substituents is 3. The topological polar surface area (TPSA) is 69.9 Å². The number of ether oxygens (including phenoxy) is 1. The normalized spacial score (nSPS) is 10.4. The van der Waals surface area contributed by atoms with E-state index in [-0.39, 0.29) is 23.0 Å². The summed E-state index contributed by atoms with van der Waals surface area (Å²) >= 11 is 0. The molecule has 4 nitrogen and oxygen atoms in total. The van der Waals surface area contributed by atoms with Crippen molar-refractivity contribution in [2.45, 2.75) is 6.42 Å². The molecule has 0 heterocycles. The molecule has 0 unspecified atom stereocenters. The largest absolute Gasteiger partial charge is 0.508 e. The number of phenols is 3. The molecule has 0 fully saturated rings. The Labute approximate surface area is 133 Å². The Morgan fingerprint density at radius 3 is 1.87 bits per heavy atom. The first-order chi connectivity index (χ1) is 11.1. The standard InChI is InChI=1S/C19H16O4/c20-15-5-1-13(2-6-15)11-14-3-8-17(9-4-14)23-19-12-16(21)7-10-18(19)22/h1-10,12,20-22H,11H2. The predicted octanol–water partition coefficient (Wildman–Crippen LogP) is 4.19. The number of hydrogen-bond donors (Lipinski definition) is 3. The highest BCUT2D eigenvalue weighted by molar-refractivity contribution is 5.46. The van der Waals surface area contributed by atoms with Crippen LogP contribution in [0.2, 0.25) is 0 Å². The van der Waals surface area contributed by atoms with Crippen LogP contribution in [0.15, 0.2) is 66.7 Å². The van der Waals surface area contributed by atoms with E-state index < -0.39 is 0 Å². The van der Waals surface area contributed by atoms with Gasteiger partial charge < -0.3 is 20.1 Å². The molecule has 0 aliphatic heterocycles. The molecule has 0 spiro atoms. The van der Waals surface area contributed by atoms with E-state index in [1.807, 2.05) is 24.3 Å². The summed E-state index contributed by atoms with van der Waals surface area (Å²) < 4.78 is 5.57. The van der Waals surface area contributed by atoms with Crippen LogP contribution in [0.1, 0.15) is 11.1 Å². The van der Waals surface area contributed by atoms with Crippen molar-refractivity contribution in [1.29, 1.82) is 0 Å². The lowest BCUT2D eigenvalue weighted by molar-refractivity contribution is 0.403. The van der Waals surface area contributed by atoms with Gasteiger partial charge in [-0.15, -0.1) is 0 Å². The zero-order chi connectivity index (χ0) is 16.2. The Bertz CT molecular complexity index is 793. The van der Waals surface area contributed by atoms with Gasteiger partial charge in [-0.3, -0.25) is 0 Å². The Morgan fingerprint density at radius 1 is 0.652 bits per heavy atom. The average Bonchev–Trinajstić information content (AvgIpc) is 2.55. The quantitative estimate of drug-likeness (QED) is 0.632. The molecule has 0 saturated heterocycles. The fourth-order valence-electron chi connectivity index (χ4n) is 2.24. The highest BCUT2D eigenvalue weighted by Gasteiger charge is 2.05. The number of hydrogen-bond acceptors (Lipinski definition) is 4. The van der Waals surface area contributed by atoms with Crippen LogP contribution in [0.25, 0.3) is 0 Å². The Morgan fingerprint density at radius 2 is 1.22 bits per heavy atom. The third-order valence-corrected chi connectivity index (χ3v) is 3.44. The van der Waals surface area contributed by atoms with Crippen molar-refractivity contribution < 1.29 is 20.1 Å². The molecule has 3 aromatic carbocycles. The van der Waals surface area contributed by atoms with Crippen LogP contribution in [-0.2, 0) is 6.42 Å². The molecule has 4 heteroatoms. The molecule has 23 heavy (non-hydrogen) atoms. The first kappa shape index (κ1) is 14.8. The van der Waals surface area contributed by atoms with Gasteiger partial charge in [-0.05, 0) is 53.9 Å². The van der Waals surface area contributed by atoms with E-state index in [2.05, 4.69) is 0 Å². The Hall–Kier alpha value is -3.14. The summed E-state index contributed by atoms with van der Waals surface area (Å²) in [4.78, 5) is 0. The van der Waals surface area contributed by atoms with Crippen LogP contribution in [0, 0.1) is 0 Å². The zero-order valence-corrected chi connectivity index (χ0v) is 12.3. The van der Waals surface area contributed by atoms with Gasteiger partial charge in [0.2, 0.25) is 0 Å². The van der Waals surface area contributed by atoms with Crippen LogP contribution in [-0.4, -0.2) is 15.3 Å². The van der Waals surface area contributed by atoms with E-state index in [4.69, 9.17) is 4.74 Å². The molecule has 3 N–H and O–H groups in total. The lowest BCUT2D eigenvalue weighted by Crippen LogP contribution is -1.89. The van der Waals surface area contributed by atoms with Crippen LogP contribution in [0.3, 0.4) is 0 Å². The summed E-state index contributed by atoms with van der Waals surface area (Å²) in [5, 5.41) is 28.4. The minimum atomic E-state index is -0.0315. The molecule has 0 saturated carbocycles. The monoisotopic (exact) mass is 308 g/mol. The molecule has 0 aliphatic carbocycles. The lowest BCUT2D eigenvalue weighted by atomic mass is 10.0. The summed E-state index contributed by atoms with van der Waals surface area (Å²) in [5.41, 5.74) is 2.20. The average molecular weight is 308 g/mol. The van der Waals surface area contributed by atoms with Crippen molar-refractivity contribution in [3.05, 3.63) is 77.9 Å². The number of benzene rings is 3. The molecule has 0 amide bonds. The molecule has 0 bridgehead atoms. The third kappa shape index (κ3) is 3.74. The van der Waals surface area contributed by atoms with Crippen LogP contribution in [0.4, 0.5) is 0 Å². The maximum Gasteiger partial charge on any atom is 0.172 e. The Kier molecular flexibility index (Phi) is 4.06. The van der Waals surface area contributed by atoms with E-state index in [0.717, 1.165) is 17.5 Å². The summed E-state index contributed by atoms with van der Waals surface area (Å²) in [6, 6.07) is 18.7. The van der Waals surface area contributed by atoms with Gasteiger partial charge in [0.15, 0.2) is 11.5 Å². The minimum Gasteiger partial charge on any atom is -0.508 e. The summed E-state index contributed by atoms with van der Waals surface area (Å²) in [7, 11) is 0. The molecular formula is C19H16O4. The second-order valence-corrected chi connectivity index (χ2v) is 5.24. The van der Waals surface area contributed by atoms with E-state index in [1.165, 1.54) is 18.2 Å². The highest BCUT2D eigenvalue weighted by Crippen LogP contribution is 2.33. The van der Waals surface area contributed by atoms with Crippen LogP contribution in [0.5, 0.6) is 28.7 Å². The van der Waals surface area contributed by atoms with E-state index >= 15 is 0 Å². The van der Waals surface area contributed by atoms with Gasteiger partial charge in [0.1, 0.15) is 17.2 Å². The Balaban J connectivity index is 1.71. The number of aromatic hydroxyl groups is 3. The van der Waals surface area contributed by atoms with Gasteiger partial charge in [0, 0.05) is 6.07 Å².